The summed E-state index contributed by atoms with van der Waals surface area (Å²) in [6.07, 6.45) is 0. The van der Waals surface area contributed by atoms with Gasteiger partial charge in [-0.1, -0.05) is 23.7 Å². The summed E-state index contributed by atoms with van der Waals surface area (Å²) < 4.78 is 0.975. The average molecular weight is 371 g/mol. The lowest BCUT2D eigenvalue weighted by Crippen LogP contribution is -2.28. The second-order valence-electron chi connectivity index (χ2n) is 4.20. The van der Waals surface area contributed by atoms with E-state index in [1.54, 1.807) is 0 Å². The van der Waals surface area contributed by atoms with Crippen LogP contribution in [-0.2, 0) is 6.54 Å². The first kappa shape index (κ1) is 15.2. The standard InChI is InChI=1S/C14H13BrClN3S/c1-9-12(15)6-7-13(18-9)19-14(20)17-8-10-2-4-11(16)5-3-10/h2-7H,8H2,1H3,(H2,17,18,19,20). The molecule has 20 heavy (non-hydrogen) atoms. The number of aromatic nitrogens is 1. The summed E-state index contributed by atoms with van der Waals surface area (Å²) in [5.74, 6) is 0.722. The van der Waals surface area contributed by atoms with Crippen LogP contribution < -0.4 is 10.6 Å². The van der Waals surface area contributed by atoms with Gasteiger partial charge in [-0.25, -0.2) is 4.98 Å². The highest BCUT2D eigenvalue weighted by Crippen LogP contribution is 2.16. The van der Waals surface area contributed by atoms with Crippen molar-refractivity contribution in [1.82, 2.24) is 10.3 Å². The molecule has 1 aromatic heterocycles. The van der Waals surface area contributed by atoms with E-state index in [1.807, 2.05) is 43.3 Å². The summed E-state index contributed by atoms with van der Waals surface area (Å²) in [7, 11) is 0. The largest absolute Gasteiger partial charge is 0.358 e. The van der Waals surface area contributed by atoms with Gasteiger partial charge in [0, 0.05) is 16.0 Å². The monoisotopic (exact) mass is 369 g/mol. The molecule has 0 aliphatic heterocycles. The molecule has 2 aromatic rings. The molecule has 0 saturated heterocycles. The van der Waals surface area contributed by atoms with Gasteiger partial charge in [0.2, 0.25) is 0 Å². The Morgan fingerprint density at radius 2 is 1.95 bits per heavy atom. The molecule has 0 fully saturated rings. The lowest BCUT2D eigenvalue weighted by Gasteiger charge is -2.10. The molecular formula is C14H13BrClN3S. The fourth-order valence-corrected chi connectivity index (χ4v) is 2.08. The zero-order valence-electron chi connectivity index (χ0n) is 10.8. The van der Waals surface area contributed by atoms with E-state index in [4.69, 9.17) is 23.8 Å². The minimum absolute atomic E-state index is 0.536. The molecule has 0 spiro atoms. The predicted octanol–water partition coefficient (Wildman–Crippen LogP) is 4.29. The van der Waals surface area contributed by atoms with Gasteiger partial charge in [0.15, 0.2) is 5.11 Å². The van der Waals surface area contributed by atoms with Crippen LogP contribution in [0.4, 0.5) is 5.82 Å². The van der Waals surface area contributed by atoms with Gasteiger partial charge in [0.1, 0.15) is 5.82 Å². The molecule has 0 amide bonds. The predicted molar refractivity (Wildman–Crippen MR) is 91.2 cm³/mol. The highest BCUT2D eigenvalue weighted by atomic mass is 79.9. The van der Waals surface area contributed by atoms with E-state index in [-0.39, 0.29) is 0 Å². The maximum Gasteiger partial charge on any atom is 0.172 e. The van der Waals surface area contributed by atoms with Gasteiger partial charge in [-0.2, -0.15) is 0 Å². The average Bonchev–Trinajstić information content (AvgIpc) is 2.42. The van der Waals surface area contributed by atoms with Crippen molar-refractivity contribution in [2.24, 2.45) is 0 Å². The van der Waals surface area contributed by atoms with Crippen LogP contribution in [0.2, 0.25) is 5.02 Å². The molecule has 104 valence electrons. The maximum atomic E-state index is 5.84. The first-order valence-electron chi connectivity index (χ1n) is 5.97. The topological polar surface area (TPSA) is 37.0 Å². The fourth-order valence-electron chi connectivity index (χ4n) is 1.56. The smallest absolute Gasteiger partial charge is 0.172 e. The first-order chi connectivity index (χ1) is 9.54. The summed E-state index contributed by atoms with van der Waals surface area (Å²) >= 11 is 14.5. The molecule has 0 bridgehead atoms. The molecule has 2 rings (SSSR count). The van der Waals surface area contributed by atoms with E-state index in [0.717, 1.165) is 26.6 Å². The van der Waals surface area contributed by atoms with Gasteiger partial charge in [0.05, 0.1) is 5.69 Å². The molecular weight excluding hydrogens is 358 g/mol. The lowest BCUT2D eigenvalue weighted by molar-refractivity contribution is 0.924. The number of anilines is 1. The Kier molecular flexibility index (Phi) is 5.34. The van der Waals surface area contributed by atoms with Crippen molar-refractivity contribution in [3.63, 3.8) is 0 Å². The molecule has 1 heterocycles. The fraction of sp³-hybridized carbons (Fsp3) is 0.143. The van der Waals surface area contributed by atoms with Crippen LogP contribution in [0.1, 0.15) is 11.3 Å². The third kappa shape index (κ3) is 4.44. The number of rotatable bonds is 3. The summed E-state index contributed by atoms with van der Waals surface area (Å²) in [4.78, 5) is 4.38. The summed E-state index contributed by atoms with van der Waals surface area (Å²) in [5.41, 5.74) is 2.02. The Morgan fingerprint density at radius 3 is 2.60 bits per heavy atom. The third-order valence-electron chi connectivity index (χ3n) is 2.63. The van der Waals surface area contributed by atoms with E-state index in [9.17, 15) is 0 Å². The van der Waals surface area contributed by atoms with Gasteiger partial charge in [0.25, 0.3) is 0 Å². The summed E-state index contributed by atoms with van der Waals surface area (Å²) in [6, 6.07) is 11.4. The van der Waals surface area contributed by atoms with Crippen LogP contribution in [0.3, 0.4) is 0 Å². The van der Waals surface area contributed by atoms with Crippen molar-refractivity contribution >= 4 is 50.7 Å². The first-order valence-corrected chi connectivity index (χ1v) is 7.55. The number of nitrogens with zero attached hydrogens (tertiary/aromatic N) is 1. The number of thiocarbonyl (C=S) groups is 1. The summed E-state index contributed by atoms with van der Waals surface area (Å²) in [6.45, 7) is 2.57. The Bertz CT molecular complexity index is 616. The van der Waals surface area contributed by atoms with Crippen molar-refractivity contribution in [1.29, 1.82) is 0 Å². The minimum Gasteiger partial charge on any atom is -0.358 e. The van der Waals surface area contributed by atoms with Gasteiger partial charge >= 0.3 is 0 Å². The molecule has 3 nitrogen and oxygen atoms in total. The number of nitrogens with one attached hydrogen (secondary N) is 2. The second-order valence-corrected chi connectivity index (χ2v) is 5.90. The molecule has 0 atom stereocenters. The van der Waals surface area contributed by atoms with Crippen molar-refractivity contribution in [3.05, 3.63) is 57.2 Å². The van der Waals surface area contributed by atoms with Crippen molar-refractivity contribution in [3.8, 4) is 0 Å². The molecule has 0 radical (unpaired) electrons. The molecule has 0 aliphatic rings. The zero-order chi connectivity index (χ0) is 14.5. The van der Waals surface area contributed by atoms with Crippen molar-refractivity contribution < 1.29 is 0 Å². The van der Waals surface area contributed by atoms with Gasteiger partial charge < -0.3 is 10.6 Å². The second kappa shape index (κ2) is 7.02. The molecule has 6 heteroatoms. The van der Waals surface area contributed by atoms with Gasteiger partial charge in [-0.15, -0.1) is 0 Å². The Morgan fingerprint density at radius 1 is 1.25 bits per heavy atom. The van der Waals surface area contributed by atoms with E-state index in [2.05, 4.69) is 31.5 Å². The summed E-state index contributed by atoms with van der Waals surface area (Å²) in [5, 5.41) is 7.44. The highest BCUT2D eigenvalue weighted by Gasteiger charge is 2.02. The number of hydrogen-bond acceptors (Lipinski definition) is 2. The molecule has 2 N–H and O–H groups in total. The SMILES string of the molecule is Cc1nc(NC(=S)NCc2ccc(Cl)cc2)ccc1Br. The number of halogens is 2. The number of aryl methyl sites for hydroxylation is 1. The van der Waals surface area contributed by atoms with E-state index < -0.39 is 0 Å². The van der Waals surface area contributed by atoms with E-state index >= 15 is 0 Å². The Hall–Kier alpha value is -1.17. The highest BCUT2D eigenvalue weighted by molar-refractivity contribution is 9.10. The van der Waals surface area contributed by atoms with Gasteiger partial charge in [-0.3, -0.25) is 0 Å². The number of pyridine rings is 1. The van der Waals surface area contributed by atoms with Crippen LogP contribution in [0.25, 0.3) is 0 Å². The molecule has 0 saturated carbocycles. The normalized spacial score (nSPS) is 10.2. The van der Waals surface area contributed by atoms with E-state index in [1.165, 1.54) is 0 Å². The third-order valence-corrected chi connectivity index (χ3v) is 3.97. The minimum atomic E-state index is 0.536. The number of hydrogen-bond donors (Lipinski definition) is 2. The Balaban J connectivity index is 1.89. The van der Waals surface area contributed by atoms with Crippen LogP contribution >= 0.6 is 39.7 Å². The van der Waals surface area contributed by atoms with Crippen molar-refractivity contribution in [2.45, 2.75) is 13.5 Å². The van der Waals surface area contributed by atoms with Crippen LogP contribution in [0, 0.1) is 6.92 Å². The molecule has 0 aliphatic carbocycles. The molecule has 0 unspecified atom stereocenters. The van der Waals surface area contributed by atoms with Crippen LogP contribution in [0.5, 0.6) is 0 Å². The van der Waals surface area contributed by atoms with Crippen LogP contribution in [-0.4, -0.2) is 10.1 Å². The zero-order valence-corrected chi connectivity index (χ0v) is 13.9. The Labute approximate surface area is 136 Å². The van der Waals surface area contributed by atoms with Crippen molar-refractivity contribution in [2.75, 3.05) is 5.32 Å². The number of benzene rings is 1. The van der Waals surface area contributed by atoms with Gasteiger partial charge in [-0.05, 0) is 64.9 Å². The molecule has 1 aromatic carbocycles. The lowest BCUT2D eigenvalue weighted by atomic mass is 10.2. The van der Waals surface area contributed by atoms with Crippen LogP contribution in [0.15, 0.2) is 40.9 Å². The quantitative estimate of drug-likeness (QED) is 0.790. The maximum absolute atomic E-state index is 5.84. The van der Waals surface area contributed by atoms with E-state index in [0.29, 0.717) is 11.7 Å².